The molecule has 1 aromatic rings. The number of nitrogen functional groups attached to an aromatic ring is 1. The van der Waals surface area contributed by atoms with Crippen molar-refractivity contribution in [2.45, 2.75) is 31.6 Å². The predicted molar refractivity (Wildman–Crippen MR) is 81.4 cm³/mol. The van der Waals surface area contributed by atoms with E-state index >= 15 is 0 Å². The molecule has 0 aliphatic carbocycles. The summed E-state index contributed by atoms with van der Waals surface area (Å²) in [5.74, 6) is 0. The third kappa shape index (κ3) is 3.85. The van der Waals surface area contributed by atoms with Crippen LogP contribution < -0.4 is 5.73 Å². The number of hydrogen-bond acceptors (Lipinski definition) is 4. The zero-order valence-electron chi connectivity index (χ0n) is 11.8. The number of sulfonamides is 1. The van der Waals surface area contributed by atoms with Gasteiger partial charge >= 0.3 is 0 Å². The minimum absolute atomic E-state index is 0.0637. The lowest BCUT2D eigenvalue weighted by Crippen LogP contribution is -2.35. The Kier molecular flexibility index (Phi) is 6.26. The fourth-order valence-electron chi connectivity index (χ4n) is 1.88. The Morgan fingerprint density at radius 3 is 2.55 bits per heavy atom. The van der Waals surface area contributed by atoms with Crippen molar-refractivity contribution in [2.75, 3.05) is 25.4 Å². The molecule has 0 saturated carbocycles. The zero-order chi connectivity index (χ0) is 15.3. The maximum atomic E-state index is 12.7. The van der Waals surface area contributed by atoms with Crippen LogP contribution in [0.3, 0.4) is 0 Å². The minimum atomic E-state index is -3.70. The van der Waals surface area contributed by atoms with Crippen LogP contribution in [0.2, 0.25) is 5.02 Å². The first-order valence-electron chi connectivity index (χ1n) is 6.51. The van der Waals surface area contributed by atoms with Gasteiger partial charge in [-0.3, -0.25) is 0 Å². The minimum Gasteiger partial charge on any atom is -0.398 e. The van der Waals surface area contributed by atoms with Gasteiger partial charge in [-0.25, -0.2) is 8.42 Å². The number of unbranched alkanes of at least 4 members (excludes halogenated alkanes) is 1. The lowest BCUT2D eigenvalue weighted by Gasteiger charge is -2.22. The molecule has 1 aromatic carbocycles. The molecule has 0 amide bonds. The Balaban J connectivity index is 3.25. The van der Waals surface area contributed by atoms with Crippen molar-refractivity contribution in [3.63, 3.8) is 0 Å². The molecule has 0 bridgehead atoms. The first-order chi connectivity index (χ1) is 9.34. The van der Waals surface area contributed by atoms with Crippen LogP contribution in [0.1, 0.15) is 25.3 Å². The number of nitrogens with two attached hydrogens (primary N) is 1. The van der Waals surface area contributed by atoms with Crippen LogP contribution in [0.4, 0.5) is 5.69 Å². The summed E-state index contributed by atoms with van der Waals surface area (Å²) in [6, 6.07) is 2.93. The van der Waals surface area contributed by atoms with Crippen LogP contribution in [-0.2, 0) is 10.0 Å². The van der Waals surface area contributed by atoms with Crippen molar-refractivity contribution in [3.8, 4) is 0 Å². The fraction of sp³-hybridized carbons (Fsp3) is 0.538. The molecule has 114 valence electrons. The molecule has 0 fully saturated rings. The third-order valence-corrected chi connectivity index (χ3v) is 5.34. The van der Waals surface area contributed by atoms with Crippen molar-refractivity contribution < 1.29 is 13.5 Å². The summed E-state index contributed by atoms with van der Waals surface area (Å²) in [5.41, 5.74) is 6.60. The van der Waals surface area contributed by atoms with E-state index in [0.29, 0.717) is 17.8 Å². The molecule has 0 radical (unpaired) electrons. The molecule has 0 aromatic heterocycles. The second kappa shape index (κ2) is 7.26. The van der Waals surface area contributed by atoms with Crippen LogP contribution in [0.15, 0.2) is 17.0 Å². The number of benzene rings is 1. The number of hydrogen-bond donors (Lipinski definition) is 2. The van der Waals surface area contributed by atoms with Crippen molar-refractivity contribution in [2.24, 2.45) is 0 Å². The van der Waals surface area contributed by atoms with Crippen LogP contribution in [0.5, 0.6) is 0 Å². The molecular formula is C13H21ClN2O3S. The van der Waals surface area contributed by atoms with Crippen LogP contribution in [0, 0.1) is 6.92 Å². The summed E-state index contributed by atoms with van der Waals surface area (Å²) in [4.78, 5) is 0.104. The maximum Gasteiger partial charge on any atom is 0.243 e. The highest BCUT2D eigenvalue weighted by atomic mass is 35.5. The Morgan fingerprint density at radius 1 is 1.35 bits per heavy atom. The average molecular weight is 321 g/mol. The average Bonchev–Trinajstić information content (AvgIpc) is 2.38. The number of halogens is 1. The van der Waals surface area contributed by atoms with E-state index in [1.54, 1.807) is 6.92 Å². The summed E-state index contributed by atoms with van der Waals surface area (Å²) in [6.07, 6.45) is 1.60. The lowest BCUT2D eigenvalue weighted by atomic mass is 10.2. The highest BCUT2D eigenvalue weighted by Crippen LogP contribution is 2.28. The molecule has 0 spiro atoms. The molecule has 0 heterocycles. The summed E-state index contributed by atoms with van der Waals surface area (Å²) in [5, 5.41) is 9.35. The fourth-order valence-corrected chi connectivity index (χ4v) is 3.92. The van der Waals surface area contributed by atoms with Gasteiger partial charge in [-0.2, -0.15) is 4.31 Å². The zero-order valence-corrected chi connectivity index (χ0v) is 13.3. The normalized spacial score (nSPS) is 12.1. The Bertz CT molecular complexity index is 561. The predicted octanol–water partition coefficient (Wildman–Crippen LogP) is 2.01. The quantitative estimate of drug-likeness (QED) is 0.753. The van der Waals surface area contributed by atoms with Crippen LogP contribution >= 0.6 is 11.6 Å². The molecular weight excluding hydrogens is 300 g/mol. The van der Waals surface area contributed by atoms with E-state index in [4.69, 9.17) is 22.4 Å². The second-order valence-corrected chi connectivity index (χ2v) is 6.94. The topological polar surface area (TPSA) is 83.6 Å². The number of aliphatic hydroxyl groups is 1. The molecule has 0 aliphatic rings. The molecule has 0 atom stereocenters. The molecule has 1 rings (SSSR count). The van der Waals surface area contributed by atoms with Crippen molar-refractivity contribution in [1.29, 1.82) is 0 Å². The Morgan fingerprint density at radius 2 is 2.00 bits per heavy atom. The third-order valence-electron chi connectivity index (χ3n) is 3.09. The van der Waals surface area contributed by atoms with Gasteiger partial charge in [0.25, 0.3) is 0 Å². The Hall–Kier alpha value is -0.820. The van der Waals surface area contributed by atoms with Gasteiger partial charge in [-0.15, -0.1) is 0 Å². The smallest absolute Gasteiger partial charge is 0.243 e. The largest absolute Gasteiger partial charge is 0.398 e. The van der Waals surface area contributed by atoms with Gasteiger partial charge in [0.2, 0.25) is 10.0 Å². The van der Waals surface area contributed by atoms with E-state index in [0.717, 1.165) is 12.8 Å². The molecule has 0 unspecified atom stereocenters. The van der Waals surface area contributed by atoms with Gasteiger partial charge in [0.1, 0.15) is 0 Å². The summed E-state index contributed by atoms with van der Waals surface area (Å²) in [7, 11) is -3.70. The van der Waals surface area contributed by atoms with E-state index < -0.39 is 10.0 Å². The van der Waals surface area contributed by atoms with E-state index in [1.165, 1.54) is 16.4 Å². The molecule has 0 aliphatic heterocycles. The summed E-state index contributed by atoms with van der Waals surface area (Å²) in [6.45, 7) is 3.83. The van der Waals surface area contributed by atoms with Gasteiger partial charge in [-0.05, 0) is 31.0 Å². The highest BCUT2D eigenvalue weighted by Gasteiger charge is 2.26. The van der Waals surface area contributed by atoms with Crippen molar-refractivity contribution in [1.82, 2.24) is 4.31 Å². The maximum absolute atomic E-state index is 12.7. The van der Waals surface area contributed by atoms with E-state index in [2.05, 4.69) is 0 Å². The summed E-state index contributed by atoms with van der Waals surface area (Å²) >= 11 is 5.90. The lowest BCUT2D eigenvalue weighted by molar-refractivity contribution is 0.252. The molecule has 20 heavy (non-hydrogen) atoms. The van der Waals surface area contributed by atoms with Gasteiger partial charge in [0.15, 0.2) is 0 Å². The summed E-state index contributed by atoms with van der Waals surface area (Å²) < 4.78 is 26.6. The van der Waals surface area contributed by atoms with Gasteiger partial charge in [0, 0.05) is 23.8 Å². The first kappa shape index (κ1) is 17.2. The van der Waals surface area contributed by atoms with E-state index in [9.17, 15) is 8.42 Å². The van der Waals surface area contributed by atoms with E-state index in [1.807, 2.05) is 6.92 Å². The number of nitrogens with zero attached hydrogens (tertiary/aromatic N) is 1. The van der Waals surface area contributed by atoms with Gasteiger partial charge in [-0.1, -0.05) is 24.9 Å². The number of rotatable bonds is 7. The number of anilines is 1. The van der Waals surface area contributed by atoms with E-state index in [-0.39, 0.29) is 23.1 Å². The molecule has 7 heteroatoms. The first-order valence-corrected chi connectivity index (χ1v) is 8.33. The SMILES string of the molecule is CCCCN(CCO)S(=O)(=O)c1cc(Cl)cc(N)c1C. The van der Waals surface area contributed by atoms with Crippen molar-refractivity contribution in [3.05, 3.63) is 22.7 Å². The number of aliphatic hydroxyl groups excluding tert-OH is 1. The van der Waals surface area contributed by atoms with Crippen molar-refractivity contribution >= 4 is 27.3 Å². The van der Waals surface area contributed by atoms with Crippen LogP contribution in [-0.4, -0.2) is 37.5 Å². The Labute approximate surface area is 125 Å². The molecule has 0 saturated heterocycles. The molecule has 5 nitrogen and oxygen atoms in total. The second-order valence-electron chi connectivity index (χ2n) is 4.60. The van der Waals surface area contributed by atoms with Gasteiger partial charge < -0.3 is 10.8 Å². The standard InChI is InChI=1S/C13H21ClN2O3S/c1-3-4-5-16(6-7-17)20(18,19)13-9-11(14)8-12(15)10(13)2/h8-9,17H,3-7,15H2,1-2H3. The molecule has 3 N–H and O–H groups in total. The van der Waals surface area contributed by atoms with Gasteiger partial charge in [0.05, 0.1) is 11.5 Å². The highest BCUT2D eigenvalue weighted by molar-refractivity contribution is 7.89. The monoisotopic (exact) mass is 320 g/mol. The van der Waals surface area contributed by atoms with Crippen LogP contribution in [0.25, 0.3) is 0 Å².